The second-order valence-corrected chi connectivity index (χ2v) is 3.73. The molecule has 5 heteroatoms. The number of nitrogens with one attached hydrogen (secondary N) is 1. The van der Waals surface area contributed by atoms with Crippen LogP contribution in [0.25, 0.3) is 5.70 Å². The van der Waals surface area contributed by atoms with Crippen molar-refractivity contribution in [3.8, 4) is 5.75 Å². The average molecular weight is 249 g/mol. The third kappa shape index (κ3) is 3.35. The van der Waals surface area contributed by atoms with Crippen molar-refractivity contribution in [3.63, 3.8) is 0 Å². The summed E-state index contributed by atoms with van der Waals surface area (Å²) in [6, 6.07) is 5.64. The van der Waals surface area contributed by atoms with Gasteiger partial charge in [-0.3, -0.25) is 4.79 Å². The van der Waals surface area contributed by atoms with Gasteiger partial charge in [-0.1, -0.05) is 6.58 Å². The van der Waals surface area contributed by atoms with Gasteiger partial charge in [-0.15, -0.1) is 0 Å². The molecule has 5 nitrogen and oxygen atoms in total. The molecule has 2 N–H and O–H groups in total. The number of carbonyl (C=O) groups excluding carboxylic acids is 1. The van der Waals surface area contributed by atoms with Crippen LogP contribution in [0.15, 0.2) is 30.8 Å². The molecular weight excluding hydrogens is 234 g/mol. The highest BCUT2D eigenvalue weighted by atomic mass is 16.5. The summed E-state index contributed by atoms with van der Waals surface area (Å²) in [5, 5.41) is 11.5. The highest BCUT2D eigenvalue weighted by molar-refractivity contribution is 6.02. The van der Waals surface area contributed by atoms with Gasteiger partial charge >= 0.3 is 5.97 Å². The summed E-state index contributed by atoms with van der Waals surface area (Å²) in [7, 11) is 1.55. The van der Waals surface area contributed by atoms with Crippen molar-refractivity contribution < 1.29 is 19.4 Å². The summed E-state index contributed by atoms with van der Waals surface area (Å²) in [6.07, 6.45) is 0. The zero-order chi connectivity index (χ0) is 13.7. The van der Waals surface area contributed by atoms with E-state index < -0.39 is 17.8 Å². The van der Waals surface area contributed by atoms with Crippen molar-refractivity contribution in [2.75, 3.05) is 7.11 Å². The molecule has 0 fully saturated rings. The summed E-state index contributed by atoms with van der Waals surface area (Å²) in [4.78, 5) is 22.0. The van der Waals surface area contributed by atoms with E-state index in [9.17, 15) is 9.59 Å². The van der Waals surface area contributed by atoms with Gasteiger partial charge in [0.2, 0.25) is 0 Å². The Morgan fingerprint density at radius 3 is 2.28 bits per heavy atom. The second kappa shape index (κ2) is 5.86. The van der Waals surface area contributed by atoms with Crippen LogP contribution in [-0.4, -0.2) is 30.0 Å². The van der Waals surface area contributed by atoms with E-state index in [4.69, 9.17) is 9.84 Å². The fraction of sp³-hybridized carbons (Fsp3) is 0.231. The highest BCUT2D eigenvalue weighted by Crippen LogP contribution is 2.16. The number of methoxy groups -OCH3 is 1. The van der Waals surface area contributed by atoms with Crippen LogP contribution < -0.4 is 10.1 Å². The minimum atomic E-state index is -1.28. The Kier molecular flexibility index (Phi) is 4.48. The molecule has 0 spiro atoms. The van der Waals surface area contributed by atoms with Gasteiger partial charge in [0.1, 0.15) is 5.75 Å². The van der Waals surface area contributed by atoms with Crippen LogP contribution in [0.2, 0.25) is 0 Å². The first-order valence-electron chi connectivity index (χ1n) is 5.29. The fourth-order valence-corrected chi connectivity index (χ4v) is 1.39. The summed E-state index contributed by atoms with van der Waals surface area (Å²) < 4.78 is 5.01. The quantitative estimate of drug-likeness (QED) is 0.743. The molecule has 1 aromatic carbocycles. The number of aliphatic carboxylic acids is 1. The maximum Gasteiger partial charge on any atom is 0.333 e. The van der Waals surface area contributed by atoms with E-state index in [0.717, 1.165) is 0 Å². The van der Waals surface area contributed by atoms with E-state index in [1.54, 1.807) is 31.4 Å². The Balaban J connectivity index is 2.80. The van der Waals surface area contributed by atoms with Crippen LogP contribution in [0.1, 0.15) is 12.5 Å². The summed E-state index contributed by atoms with van der Waals surface area (Å²) >= 11 is 0. The summed E-state index contributed by atoms with van der Waals surface area (Å²) in [6.45, 7) is 4.93. The van der Waals surface area contributed by atoms with E-state index >= 15 is 0 Å². The molecule has 0 saturated heterocycles. The van der Waals surface area contributed by atoms with Crippen molar-refractivity contribution in [1.29, 1.82) is 0 Å². The SMILES string of the molecule is C=C(NC(C(C)=O)C(=O)O)c1ccc(OC)cc1. The minimum Gasteiger partial charge on any atom is -0.497 e. The molecule has 1 unspecified atom stereocenters. The maximum atomic E-state index is 11.1. The Bertz CT molecular complexity index is 450. The largest absolute Gasteiger partial charge is 0.497 e. The molecule has 0 heterocycles. The molecule has 1 aromatic rings. The molecular formula is C13H15NO4. The van der Waals surface area contributed by atoms with Crippen LogP contribution in [0, 0.1) is 0 Å². The van der Waals surface area contributed by atoms with Crippen molar-refractivity contribution in [2.45, 2.75) is 13.0 Å². The first-order chi connectivity index (χ1) is 8.45. The first kappa shape index (κ1) is 13.8. The maximum absolute atomic E-state index is 11.1. The van der Waals surface area contributed by atoms with E-state index in [0.29, 0.717) is 17.0 Å². The predicted octanol–water partition coefficient (Wildman–Crippen LogP) is 1.30. The smallest absolute Gasteiger partial charge is 0.333 e. The molecule has 0 aromatic heterocycles. The Morgan fingerprint density at radius 2 is 1.89 bits per heavy atom. The monoisotopic (exact) mass is 249 g/mol. The molecule has 0 radical (unpaired) electrons. The van der Waals surface area contributed by atoms with Gasteiger partial charge in [0.05, 0.1) is 7.11 Å². The van der Waals surface area contributed by atoms with E-state index in [1.807, 2.05) is 0 Å². The van der Waals surface area contributed by atoms with Crippen LogP contribution in [0.4, 0.5) is 0 Å². The lowest BCUT2D eigenvalue weighted by molar-refractivity contribution is -0.142. The van der Waals surface area contributed by atoms with Crippen molar-refractivity contribution in [2.24, 2.45) is 0 Å². The number of rotatable bonds is 6. The molecule has 0 aliphatic carbocycles. The summed E-state index contributed by atoms with van der Waals surface area (Å²) in [5.74, 6) is -1.01. The lowest BCUT2D eigenvalue weighted by Crippen LogP contribution is -2.40. The van der Waals surface area contributed by atoms with Gasteiger partial charge in [-0.2, -0.15) is 0 Å². The third-order valence-corrected chi connectivity index (χ3v) is 2.41. The van der Waals surface area contributed by atoms with Gasteiger partial charge < -0.3 is 15.2 Å². The number of carboxylic acids is 1. The van der Waals surface area contributed by atoms with Gasteiger partial charge in [0.15, 0.2) is 11.8 Å². The number of carbonyl (C=O) groups is 2. The number of ether oxygens (including phenoxy) is 1. The molecule has 18 heavy (non-hydrogen) atoms. The molecule has 0 aliphatic rings. The van der Waals surface area contributed by atoms with Crippen molar-refractivity contribution in [3.05, 3.63) is 36.4 Å². The van der Waals surface area contributed by atoms with Gasteiger partial charge in [0.25, 0.3) is 0 Å². The van der Waals surface area contributed by atoms with Crippen LogP contribution in [0.3, 0.4) is 0 Å². The zero-order valence-corrected chi connectivity index (χ0v) is 10.3. The van der Waals surface area contributed by atoms with E-state index in [-0.39, 0.29) is 0 Å². The van der Waals surface area contributed by atoms with Crippen molar-refractivity contribution >= 4 is 17.4 Å². The number of hydrogen-bond acceptors (Lipinski definition) is 4. The van der Waals surface area contributed by atoms with Crippen molar-refractivity contribution in [1.82, 2.24) is 5.32 Å². The number of benzene rings is 1. The normalized spacial score (nSPS) is 11.4. The molecule has 1 atom stereocenters. The molecule has 0 aliphatic heterocycles. The zero-order valence-electron chi connectivity index (χ0n) is 10.3. The number of hydrogen-bond donors (Lipinski definition) is 2. The minimum absolute atomic E-state index is 0.375. The number of carboxylic acid groups (broad SMARTS) is 1. The molecule has 1 rings (SSSR count). The standard InChI is InChI=1S/C13H15NO4/c1-8(14-12(9(2)15)13(16)17)10-4-6-11(18-3)7-5-10/h4-7,12,14H,1H2,2-3H3,(H,16,17). The van der Waals surface area contributed by atoms with Gasteiger partial charge in [-0.25, -0.2) is 4.79 Å². The lowest BCUT2D eigenvalue weighted by atomic mass is 10.1. The Morgan fingerprint density at radius 1 is 1.33 bits per heavy atom. The van der Waals surface area contributed by atoms with Gasteiger partial charge in [0, 0.05) is 5.70 Å². The van der Waals surface area contributed by atoms with E-state index in [2.05, 4.69) is 11.9 Å². The second-order valence-electron chi connectivity index (χ2n) is 3.73. The first-order valence-corrected chi connectivity index (χ1v) is 5.29. The highest BCUT2D eigenvalue weighted by Gasteiger charge is 2.22. The molecule has 0 saturated carbocycles. The average Bonchev–Trinajstić information content (AvgIpc) is 2.35. The molecule has 96 valence electrons. The summed E-state index contributed by atoms with van der Waals surface area (Å²) in [5.41, 5.74) is 1.07. The lowest BCUT2D eigenvalue weighted by Gasteiger charge is -2.15. The topological polar surface area (TPSA) is 75.6 Å². The molecule has 0 amide bonds. The van der Waals surface area contributed by atoms with E-state index in [1.165, 1.54) is 6.92 Å². The Hall–Kier alpha value is -2.30. The predicted molar refractivity (Wildman–Crippen MR) is 67.3 cm³/mol. The number of ketones is 1. The third-order valence-electron chi connectivity index (χ3n) is 2.41. The van der Waals surface area contributed by atoms with Crippen LogP contribution in [-0.2, 0) is 9.59 Å². The van der Waals surface area contributed by atoms with Crippen LogP contribution >= 0.6 is 0 Å². The molecule has 0 bridgehead atoms. The van der Waals surface area contributed by atoms with Gasteiger partial charge in [-0.05, 0) is 36.8 Å². The number of Topliss-reactive ketones (excluding diaryl/α,β-unsaturated/α-hetero) is 1. The van der Waals surface area contributed by atoms with Crippen LogP contribution in [0.5, 0.6) is 5.75 Å². The Labute approximate surface area is 105 Å². The fourth-order valence-electron chi connectivity index (χ4n) is 1.39.